The summed E-state index contributed by atoms with van der Waals surface area (Å²) in [5.74, 6) is -0.176. The molecule has 5 heteroatoms. The minimum atomic E-state index is -0.387. The van der Waals surface area contributed by atoms with E-state index in [1.165, 1.54) is 5.56 Å². The lowest BCUT2D eigenvalue weighted by Gasteiger charge is -2.45. The highest BCUT2D eigenvalue weighted by atomic mass is 16.2. The molecule has 1 saturated carbocycles. The van der Waals surface area contributed by atoms with Crippen molar-refractivity contribution in [1.29, 1.82) is 0 Å². The molecular weight excluding hydrogens is 446 g/mol. The maximum absolute atomic E-state index is 14.3. The van der Waals surface area contributed by atoms with Gasteiger partial charge in [0.15, 0.2) is 0 Å². The normalized spacial score (nSPS) is 22.4. The monoisotopic (exact) mass is 479 g/mol. The molecule has 5 nitrogen and oxygen atoms in total. The fourth-order valence-electron chi connectivity index (χ4n) is 5.94. The summed E-state index contributed by atoms with van der Waals surface area (Å²) >= 11 is 0. The van der Waals surface area contributed by atoms with Crippen molar-refractivity contribution in [1.82, 2.24) is 14.7 Å². The van der Waals surface area contributed by atoms with Gasteiger partial charge in [-0.25, -0.2) is 0 Å². The zero-order chi connectivity index (χ0) is 24.6. The second kappa shape index (κ2) is 9.55. The first-order valence-electron chi connectivity index (χ1n) is 13.1. The number of piperazine rings is 1. The summed E-state index contributed by atoms with van der Waals surface area (Å²) < 4.78 is 0. The zero-order valence-electron chi connectivity index (χ0n) is 20.8. The summed E-state index contributed by atoms with van der Waals surface area (Å²) in [6.45, 7) is 6.12. The average Bonchev–Trinajstić information content (AvgIpc) is 3.75. The molecule has 3 aliphatic rings. The summed E-state index contributed by atoms with van der Waals surface area (Å²) in [6.07, 6.45) is 2.02. The summed E-state index contributed by atoms with van der Waals surface area (Å²) in [5.41, 5.74) is 5.08. The Morgan fingerprint density at radius 3 is 2.31 bits per heavy atom. The van der Waals surface area contributed by atoms with Crippen molar-refractivity contribution in [2.24, 2.45) is 0 Å². The van der Waals surface area contributed by atoms with Crippen LogP contribution in [0.3, 0.4) is 0 Å². The molecule has 1 aliphatic carbocycles. The Bertz CT molecular complexity index is 1260. The first kappa shape index (κ1) is 23.0. The van der Waals surface area contributed by atoms with Crippen LogP contribution in [0.5, 0.6) is 0 Å². The van der Waals surface area contributed by atoms with E-state index in [4.69, 9.17) is 0 Å². The SMILES string of the molecule is Cc1cccc(C2C(C(=O)N3CCN(Cc4ccccc4)CC3)c3ccccc3C(=O)N2C2CC2)c1. The third-order valence-corrected chi connectivity index (χ3v) is 7.90. The van der Waals surface area contributed by atoms with Gasteiger partial charge in [-0.1, -0.05) is 78.4 Å². The second-order valence-electron chi connectivity index (χ2n) is 10.5. The van der Waals surface area contributed by atoms with E-state index in [1.54, 1.807) is 0 Å². The lowest BCUT2D eigenvalue weighted by molar-refractivity contribution is -0.136. The highest BCUT2D eigenvalue weighted by Crippen LogP contribution is 2.48. The molecule has 0 bridgehead atoms. The maximum atomic E-state index is 14.3. The molecule has 3 aromatic carbocycles. The highest BCUT2D eigenvalue weighted by Gasteiger charge is 2.50. The number of rotatable bonds is 5. The fourth-order valence-corrected chi connectivity index (χ4v) is 5.94. The van der Waals surface area contributed by atoms with Crippen LogP contribution >= 0.6 is 0 Å². The Kier molecular flexibility index (Phi) is 6.10. The minimum absolute atomic E-state index is 0.0661. The Morgan fingerprint density at radius 1 is 0.861 bits per heavy atom. The molecular formula is C31H33N3O2. The predicted molar refractivity (Wildman–Crippen MR) is 141 cm³/mol. The van der Waals surface area contributed by atoms with Gasteiger partial charge in [0.25, 0.3) is 5.91 Å². The molecule has 2 heterocycles. The maximum Gasteiger partial charge on any atom is 0.254 e. The molecule has 0 radical (unpaired) electrons. The molecule has 2 unspecified atom stereocenters. The molecule has 2 amide bonds. The molecule has 0 spiro atoms. The van der Waals surface area contributed by atoms with Gasteiger partial charge >= 0.3 is 0 Å². The number of aryl methyl sites for hydroxylation is 1. The summed E-state index contributed by atoms with van der Waals surface area (Å²) in [6, 6.07) is 26.6. The largest absolute Gasteiger partial charge is 0.340 e. The van der Waals surface area contributed by atoms with E-state index in [0.717, 1.165) is 49.2 Å². The third kappa shape index (κ3) is 4.33. The topological polar surface area (TPSA) is 43.9 Å². The van der Waals surface area contributed by atoms with Crippen molar-refractivity contribution < 1.29 is 9.59 Å². The van der Waals surface area contributed by atoms with Crippen LogP contribution in [0.25, 0.3) is 0 Å². The molecule has 36 heavy (non-hydrogen) atoms. The van der Waals surface area contributed by atoms with E-state index in [9.17, 15) is 9.59 Å². The van der Waals surface area contributed by atoms with Crippen LogP contribution in [0.15, 0.2) is 78.9 Å². The number of hydrogen-bond acceptors (Lipinski definition) is 3. The van der Waals surface area contributed by atoms with Crippen molar-refractivity contribution in [3.8, 4) is 0 Å². The molecule has 0 N–H and O–H groups in total. The lowest BCUT2D eigenvalue weighted by Crippen LogP contribution is -2.53. The molecule has 184 valence electrons. The van der Waals surface area contributed by atoms with Crippen molar-refractivity contribution in [3.63, 3.8) is 0 Å². The number of fused-ring (bicyclic) bond motifs is 1. The quantitative estimate of drug-likeness (QED) is 0.529. The van der Waals surface area contributed by atoms with Gasteiger partial charge in [0.1, 0.15) is 0 Å². The Labute approximate surface area is 213 Å². The number of carbonyl (C=O) groups excluding carboxylic acids is 2. The van der Waals surface area contributed by atoms with Crippen LogP contribution < -0.4 is 0 Å². The standard InChI is InChI=1S/C31H33N3O2/c1-22-8-7-11-24(20-22)29-28(26-12-5-6-13-27(26)30(35)34(29)25-14-15-25)31(36)33-18-16-32(17-19-33)21-23-9-3-2-4-10-23/h2-13,20,25,28-29H,14-19,21H2,1H3. The molecule has 2 aliphatic heterocycles. The van der Waals surface area contributed by atoms with Gasteiger partial charge in [0, 0.05) is 44.3 Å². The van der Waals surface area contributed by atoms with Crippen molar-refractivity contribution in [2.75, 3.05) is 26.2 Å². The Balaban J connectivity index is 1.31. The number of carbonyl (C=O) groups is 2. The Morgan fingerprint density at radius 2 is 1.58 bits per heavy atom. The second-order valence-corrected chi connectivity index (χ2v) is 10.5. The average molecular weight is 480 g/mol. The molecule has 2 atom stereocenters. The fraction of sp³-hybridized carbons (Fsp3) is 0.355. The van der Waals surface area contributed by atoms with E-state index in [2.05, 4.69) is 54.3 Å². The zero-order valence-corrected chi connectivity index (χ0v) is 20.8. The predicted octanol–water partition coefficient (Wildman–Crippen LogP) is 4.78. The van der Waals surface area contributed by atoms with Crippen LogP contribution in [0.4, 0.5) is 0 Å². The van der Waals surface area contributed by atoms with E-state index in [0.29, 0.717) is 18.7 Å². The van der Waals surface area contributed by atoms with Gasteiger partial charge in [-0.15, -0.1) is 0 Å². The molecule has 0 aromatic heterocycles. The summed E-state index contributed by atoms with van der Waals surface area (Å²) in [7, 11) is 0. The van der Waals surface area contributed by atoms with Crippen molar-refractivity contribution in [2.45, 2.75) is 44.3 Å². The first-order valence-corrected chi connectivity index (χ1v) is 13.1. The first-order chi connectivity index (χ1) is 17.6. The van der Waals surface area contributed by atoms with Gasteiger partial charge in [-0.05, 0) is 42.5 Å². The van der Waals surface area contributed by atoms with Crippen LogP contribution in [0.1, 0.15) is 57.4 Å². The van der Waals surface area contributed by atoms with Crippen LogP contribution in [0.2, 0.25) is 0 Å². The number of hydrogen-bond donors (Lipinski definition) is 0. The van der Waals surface area contributed by atoms with E-state index in [-0.39, 0.29) is 29.8 Å². The molecule has 1 saturated heterocycles. The van der Waals surface area contributed by atoms with Gasteiger partial charge in [0.05, 0.1) is 12.0 Å². The lowest BCUT2D eigenvalue weighted by atomic mass is 9.78. The molecule has 3 aromatic rings. The van der Waals surface area contributed by atoms with Crippen LogP contribution in [-0.4, -0.2) is 58.7 Å². The van der Waals surface area contributed by atoms with Crippen LogP contribution in [-0.2, 0) is 11.3 Å². The van der Waals surface area contributed by atoms with Gasteiger partial charge in [-0.2, -0.15) is 0 Å². The molecule has 6 rings (SSSR count). The number of amides is 2. The van der Waals surface area contributed by atoms with Crippen molar-refractivity contribution >= 4 is 11.8 Å². The van der Waals surface area contributed by atoms with Gasteiger partial charge < -0.3 is 9.80 Å². The number of nitrogens with zero attached hydrogens (tertiary/aromatic N) is 3. The minimum Gasteiger partial charge on any atom is -0.340 e. The smallest absolute Gasteiger partial charge is 0.254 e. The number of benzene rings is 3. The summed E-state index contributed by atoms with van der Waals surface area (Å²) in [4.78, 5) is 34.5. The molecule has 2 fully saturated rings. The van der Waals surface area contributed by atoms with Gasteiger partial charge in [0.2, 0.25) is 5.91 Å². The Hall–Kier alpha value is -3.44. The van der Waals surface area contributed by atoms with Crippen molar-refractivity contribution in [3.05, 3.63) is 107 Å². The third-order valence-electron chi connectivity index (χ3n) is 7.90. The van der Waals surface area contributed by atoms with E-state index >= 15 is 0 Å². The van der Waals surface area contributed by atoms with E-state index < -0.39 is 0 Å². The van der Waals surface area contributed by atoms with Gasteiger partial charge in [-0.3, -0.25) is 14.5 Å². The highest BCUT2D eigenvalue weighted by molar-refractivity contribution is 6.01. The van der Waals surface area contributed by atoms with Crippen LogP contribution in [0, 0.1) is 6.92 Å². The van der Waals surface area contributed by atoms with E-state index in [1.807, 2.05) is 46.2 Å². The summed E-state index contributed by atoms with van der Waals surface area (Å²) in [5, 5.41) is 0.